The van der Waals surface area contributed by atoms with Crippen LogP contribution in [-0.2, 0) is 14.8 Å². The number of sulfonamides is 1. The highest BCUT2D eigenvalue weighted by Gasteiger charge is 2.30. The largest absolute Gasteiger partial charge is 0.507 e. The van der Waals surface area contributed by atoms with E-state index in [9.17, 15) is 18.3 Å². The Morgan fingerprint density at radius 3 is 2.52 bits per heavy atom. The van der Waals surface area contributed by atoms with Crippen LogP contribution in [0.5, 0.6) is 5.75 Å². The van der Waals surface area contributed by atoms with Crippen LogP contribution < -0.4 is 5.32 Å². The molecule has 2 aromatic rings. The van der Waals surface area contributed by atoms with Gasteiger partial charge in [0.05, 0.1) is 4.90 Å². The average molecular weight is 384 g/mol. The highest BCUT2D eigenvalue weighted by Crippen LogP contribution is 2.36. The summed E-state index contributed by atoms with van der Waals surface area (Å²) in [6.07, 6.45) is 4.35. The summed E-state index contributed by atoms with van der Waals surface area (Å²) in [5, 5.41) is 12.7. The highest BCUT2D eigenvalue weighted by atomic mass is 32.2. The molecule has 0 unspecified atom stereocenters. The molecule has 1 amide bonds. The number of nitrogens with zero attached hydrogens (tertiary/aromatic N) is 1. The lowest BCUT2D eigenvalue weighted by molar-refractivity contribution is -0.110. The first-order chi connectivity index (χ1) is 13.0. The van der Waals surface area contributed by atoms with Crippen LogP contribution in [0.25, 0.3) is 11.6 Å². The molecule has 27 heavy (non-hydrogen) atoms. The predicted molar refractivity (Wildman–Crippen MR) is 104 cm³/mol. The molecule has 1 saturated heterocycles. The number of aromatic hydroxyl groups is 1. The molecular formula is C20H20N2O4S. The topological polar surface area (TPSA) is 86.7 Å². The Morgan fingerprint density at radius 1 is 1.04 bits per heavy atom. The van der Waals surface area contributed by atoms with Gasteiger partial charge in [-0.1, -0.05) is 24.6 Å². The number of fused-ring (bicyclic) bond motifs is 1. The molecule has 0 spiro atoms. The Balaban J connectivity index is 1.76. The molecular weight excluding hydrogens is 364 g/mol. The number of amides is 1. The van der Waals surface area contributed by atoms with Crippen molar-refractivity contribution >= 4 is 33.3 Å². The predicted octanol–water partition coefficient (Wildman–Crippen LogP) is 3.06. The Labute approximate surface area is 158 Å². The van der Waals surface area contributed by atoms with Crippen LogP contribution in [0.4, 0.5) is 5.69 Å². The number of phenols is 1. The molecule has 0 aromatic heterocycles. The Morgan fingerprint density at radius 2 is 1.78 bits per heavy atom. The first-order valence-electron chi connectivity index (χ1n) is 8.92. The fourth-order valence-corrected chi connectivity index (χ4v) is 5.03. The molecule has 2 heterocycles. The van der Waals surface area contributed by atoms with E-state index in [2.05, 4.69) is 5.32 Å². The lowest BCUT2D eigenvalue weighted by atomic mass is 10.0. The van der Waals surface area contributed by atoms with Gasteiger partial charge in [0.15, 0.2) is 0 Å². The lowest BCUT2D eigenvalue weighted by Gasteiger charge is -2.26. The van der Waals surface area contributed by atoms with Crippen LogP contribution in [0.15, 0.2) is 47.4 Å². The summed E-state index contributed by atoms with van der Waals surface area (Å²) >= 11 is 0. The van der Waals surface area contributed by atoms with Gasteiger partial charge in [0.25, 0.3) is 5.91 Å². The molecule has 0 radical (unpaired) electrons. The van der Waals surface area contributed by atoms with Crippen molar-refractivity contribution in [2.75, 3.05) is 18.4 Å². The zero-order chi connectivity index (χ0) is 19.0. The molecule has 0 bridgehead atoms. The van der Waals surface area contributed by atoms with Crippen molar-refractivity contribution in [3.8, 4) is 5.75 Å². The maximum absolute atomic E-state index is 12.9. The van der Waals surface area contributed by atoms with E-state index in [0.29, 0.717) is 35.5 Å². The smallest absolute Gasteiger partial charge is 0.256 e. The summed E-state index contributed by atoms with van der Waals surface area (Å²) in [5.41, 5.74) is 1.93. The summed E-state index contributed by atoms with van der Waals surface area (Å²) in [6.45, 7) is 1.05. The highest BCUT2D eigenvalue weighted by molar-refractivity contribution is 7.89. The molecule has 6 nitrogen and oxygen atoms in total. The number of benzene rings is 2. The minimum absolute atomic E-state index is 0.0587. The third kappa shape index (κ3) is 3.24. The van der Waals surface area contributed by atoms with Crippen molar-refractivity contribution in [3.05, 3.63) is 53.6 Å². The molecule has 0 atom stereocenters. The molecule has 0 saturated carbocycles. The van der Waals surface area contributed by atoms with E-state index < -0.39 is 10.0 Å². The zero-order valence-electron chi connectivity index (χ0n) is 14.7. The third-order valence-corrected chi connectivity index (χ3v) is 6.86. The molecule has 2 N–H and O–H groups in total. The van der Waals surface area contributed by atoms with Crippen LogP contribution in [0.2, 0.25) is 0 Å². The van der Waals surface area contributed by atoms with E-state index in [1.54, 1.807) is 36.4 Å². The lowest BCUT2D eigenvalue weighted by Crippen LogP contribution is -2.35. The van der Waals surface area contributed by atoms with E-state index in [1.807, 2.05) is 0 Å². The normalized spacial score (nSPS) is 19.1. The SMILES string of the molecule is O=C1Nc2ccc(S(=O)(=O)N3CCCCC3)cc2/C1=C\c1ccccc1O. The number of carbonyl (C=O) groups excluding carboxylic acids is 1. The van der Waals surface area contributed by atoms with Crippen molar-refractivity contribution in [2.45, 2.75) is 24.2 Å². The van der Waals surface area contributed by atoms with Gasteiger partial charge in [-0.2, -0.15) is 4.31 Å². The standard InChI is InChI=1S/C20H20N2O4S/c23-19-7-3-2-6-14(19)12-17-16-13-15(8-9-18(16)21-20(17)24)27(25,26)22-10-4-1-5-11-22/h2-3,6-9,12-13,23H,1,4-5,10-11H2,(H,21,24)/b17-12+. The third-order valence-electron chi connectivity index (χ3n) is 4.96. The van der Waals surface area contributed by atoms with Crippen molar-refractivity contribution < 1.29 is 18.3 Å². The second kappa shape index (κ2) is 6.83. The van der Waals surface area contributed by atoms with Crippen LogP contribution >= 0.6 is 0 Å². The quantitative estimate of drug-likeness (QED) is 0.797. The molecule has 140 valence electrons. The monoisotopic (exact) mass is 384 g/mol. The summed E-state index contributed by atoms with van der Waals surface area (Å²) in [4.78, 5) is 12.6. The zero-order valence-corrected chi connectivity index (χ0v) is 15.5. The maximum atomic E-state index is 12.9. The minimum Gasteiger partial charge on any atom is -0.507 e. The number of hydrogen-bond acceptors (Lipinski definition) is 4. The first kappa shape index (κ1) is 17.8. The van der Waals surface area contributed by atoms with Crippen molar-refractivity contribution in [2.24, 2.45) is 0 Å². The van der Waals surface area contributed by atoms with Gasteiger partial charge in [-0.3, -0.25) is 4.79 Å². The Kier molecular flexibility index (Phi) is 4.49. The fraction of sp³-hybridized carbons (Fsp3) is 0.250. The summed E-state index contributed by atoms with van der Waals surface area (Å²) in [6, 6.07) is 11.4. The minimum atomic E-state index is -3.59. The number of para-hydroxylation sites is 1. The van der Waals surface area contributed by atoms with E-state index >= 15 is 0 Å². The van der Waals surface area contributed by atoms with Crippen LogP contribution in [0.3, 0.4) is 0 Å². The number of nitrogens with one attached hydrogen (secondary N) is 1. The van der Waals surface area contributed by atoms with Crippen molar-refractivity contribution in [1.29, 1.82) is 0 Å². The van der Waals surface area contributed by atoms with E-state index in [1.165, 1.54) is 16.4 Å². The van der Waals surface area contributed by atoms with Gasteiger partial charge in [-0.05, 0) is 43.2 Å². The molecule has 0 aliphatic carbocycles. The van der Waals surface area contributed by atoms with Gasteiger partial charge >= 0.3 is 0 Å². The second-order valence-corrected chi connectivity index (χ2v) is 8.68. The van der Waals surface area contributed by atoms with E-state index in [4.69, 9.17) is 0 Å². The molecule has 4 rings (SSSR count). The molecule has 1 fully saturated rings. The molecule has 2 aliphatic rings. The second-order valence-electron chi connectivity index (χ2n) is 6.74. The number of carbonyl (C=O) groups is 1. The Bertz CT molecular complexity index is 1040. The first-order valence-corrected chi connectivity index (χ1v) is 10.4. The maximum Gasteiger partial charge on any atom is 0.256 e. The summed E-state index contributed by atoms with van der Waals surface area (Å²) in [7, 11) is -3.59. The van der Waals surface area contributed by atoms with Crippen molar-refractivity contribution in [3.63, 3.8) is 0 Å². The Hall–Kier alpha value is -2.64. The summed E-state index contributed by atoms with van der Waals surface area (Å²) in [5.74, 6) is -0.260. The van der Waals surface area contributed by atoms with Gasteiger partial charge in [0, 0.05) is 35.5 Å². The van der Waals surface area contributed by atoms with Gasteiger partial charge in [0.1, 0.15) is 5.75 Å². The number of anilines is 1. The average Bonchev–Trinajstić information content (AvgIpc) is 2.99. The number of rotatable bonds is 3. The number of phenolic OH excluding ortho intramolecular Hbond substituents is 1. The van der Waals surface area contributed by atoms with E-state index in [-0.39, 0.29) is 16.6 Å². The van der Waals surface area contributed by atoms with Gasteiger partial charge in [-0.25, -0.2) is 8.42 Å². The van der Waals surface area contributed by atoms with Gasteiger partial charge < -0.3 is 10.4 Å². The molecule has 7 heteroatoms. The molecule has 2 aliphatic heterocycles. The van der Waals surface area contributed by atoms with Crippen LogP contribution in [0, 0.1) is 0 Å². The van der Waals surface area contributed by atoms with Gasteiger partial charge in [0.2, 0.25) is 10.0 Å². The van der Waals surface area contributed by atoms with Crippen LogP contribution in [-0.4, -0.2) is 36.8 Å². The van der Waals surface area contributed by atoms with Gasteiger partial charge in [-0.15, -0.1) is 0 Å². The van der Waals surface area contributed by atoms with E-state index in [0.717, 1.165) is 19.3 Å². The summed E-state index contributed by atoms with van der Waals surface area (Å²) < 4.78 is 27.4. The van der Waals surface area contributed by atoms with Crippen molar-refractivity contribution in [1.82, 2.24) is 4.31 Å². The number of piperidine rings is 1. The number of hydrogen-bond donors (Lipinski definition) is 2. The molecule has 2 aromatic carbocycles. The fourth-order valence-electron chi connectivity index (χ4n) is 3.49. The van der Waals surface area contributed by atoms with Crippen LogP contribution in [0.1, 0.15) is 30.4 Å².